The molecule has 0 aliphatic carbocycles. The van der Waals surface area contributed by atoms with Crippen molar-refractivity contribution in [3.63, 3.8) is 0 Å². The van der Waals surface area contributed by atoms with Crippen molar-refractivity contribution >= 4 is 9.84 Å². The molecule has 1 heterocycles. The van der Waals surface area contributed by atoms with Crippen molar-refractivity contribution in [3.05, 3.63) is 0 Å². The third-order valence-corrected chi connectivity index (χ3v) is 2.81. The molecule has 0 aromatic rings. The predicted molar refractivity (Wildman–Crippen MR) is 33.8 cm³/mol. The van der Waals surface area contributed by atoms with Gasteiger partial charge in [-0.1, -0.05) is 0 Å². The van der Waals surface area contributed by atoms with E-state index in [-0.39, 0.29) is 11.7 Å². The molecule has 4 heteroatoms. The van der Waals surface area contributed by atoms with Crippen molar-refractivity contribution in [2.24, 2.45) is 0 Å². The summed E-state index contributed by atoms with van der Waals surface area (Å²) in [5, 5.41) is 0. The van der Waals surface area contributed by atoms with Crippen LogP contribution in [-0.4, -0.2) is 25.7 Å². The molecule has 0 bridgehead atoms. The normalized spacial score (nSPS) is 30.4. The van der Waals surface area contributed by atoms with E-state index in [1.54, 1.807) is 13.8 Å². The van der Waals surface area contributed by atoms with Gasteiger partial charge in [-0.05, 0) is 13.8 Å². The van der Waals surface area contributed by atoms with Crippen LogP contribution < -0.4 is 0 Å². The number of hydrogen-bond acceptors (Lipinski definition) is 3. The Labute approximate surface area is 54.9 Å². The fourth-order valence-corrected chi connectivity index (χ4v) is 2.59. The molecule has 0 radical (unpaired) electrons. The molecule has 1 aliphatic rings. The highest BCUT2D eigenvalue weighted by Gasteiger charge is 2.34. The highest BCUT2D eigenvalue weighted by atomic mass is 32.2. The minimum atomic E-state index is -2.88. The summed E-state index contributed by atoms with van der Waals surface area (Å²) in [7, 11) is -2.88. The van der Waals surface area contributed by atoms with Crippen LogP contribution in [0.2, 0.25) is 0 Å². The molecule has 3 nitrogen and oxygen atoms in total. The topological polar surface area (TPSA) is 43.4 Å². The summed E-state index contributed by atoms with van der Waals surface area (Å²) in [4.78, 5) is 0. The van der Waals surface area contributed by atoms with Gasteiger partial charge in [-0.3, -0.25) is 0 Å². The van der Waals surface area contributed by atoms with Crippen LogP contribution in [0.1, 0.15) is 13.8 Å². The summed E-state index contributed by atoms with van der Waals surface area (Å²) in [5.74, 6) is 0.0417. The van der Waals surface area contributed by atoms with Crippen LogP contribution in [0.4, 0.5) is 0 Å². The van der Waals surface area contributed by atoms with Gasteiger partial charge in [0.1, 0.15) is 5.94 Å². The lowest BCUT2D eigenvalue weighted by Crippen LogP contribution is -2.22. The number of hydrogen-bond donors (Lipinski definition) is 0. The van der Waals surface area contributed by atoms with Crippen LogP contribution in [0.3, 0.4) is 0 Å². The average Bonchev–Trinajstić information content (AvgIpc) is 1.78. The van der Waals surface area contributed by atoms with Crippen LogP contribution in [0.15, 0.2) is 0 Å². The Balaban J connectivity index is 2.81. The van der Waals surface area contributed by atoms with Gasteiger partial charge in [0.25, 0.3) is 0 Å². The van der Waals surface area contributed by atoms with Crippen LogP contribution in [0.5, 0.6) is 0 Å². The SMILES string of the molecule is CC1(C)CS(=O)(=O)CO1. The molecule has 0 N–H and O–H groups in total. The quantitative estimate of drug-likeness (QED) is 0.494. The van der Waals surface area contributed by atoms with Gasteiger partial charge in [0, 0.05) is 0 Å². The molecule has 9 heavy (non-hydrogen) atoms. The first kappa shape index (κ1) is 7.02. The second-order valence-corrected chi connectivity index (χ2v) is 4.92. The maximum absolute atomic E-state index is 10.7. The van der Waals surface area contributed by atoms with Gasteiger partial charge in [0.15, 0.2) is 9.84 Å². The Morgan fingerprint density at radius 3 is 2.11 bits per heavy atom. The molecule has 0 unspecified atom stereocenters. The second-order valence-electron chi connectivity index (χ2n) is 2.91. The van der Waals surface area contributed by atoms with E-state index in [1.165, 1.54) is 0 Å². The Bertz CT molecular complexity index is 202. The molecule has 54 valence electrons. The van der Waals surface area contributed by atoms with E-state index in [0.717, 1.165) is 0 Å². The van der Waals surface area contributed by atoms with Gasteiger partial charge in [-0.2, -0.15) is 0 Å². The molecule has 0 aromatic carbocycles. The maximum Gasteiger partial charge on any atom is 0.177 e. The second kappa shape index (κ2) is 1.70. The van der Waals surface area contributed by atoms with Gasteiger partial charge in [-0.25, -0.2) is 8.42 Å². The first-order valence-electron chi connectivity index (χ1n) is 2.76. The van der Waals surface area contributed by atoms with Crippen molar-refractivity contribution in [3.8, 4) is 0 Å². The third kappa shape index (κ3) is 1.66. The molecule has 0 atom stereocenters. The smallest absolute Gasteiger partial charge is 0.177 e. The van der Waals surface area contributed by atoms with Gasteiger partial charge < -0.3 is 4.74 Å². The lowest BCUT2D eigenvalue weighted by atomic mass is 10.2. The van der Waals surface area contributed by atoms with Crippen molar-refractivity contribution in [1.82, 2.24) is 0 Å². The van der Waals surface area contributed by atoms with E-state index < -0.39 is 15.4 Å². The van der Waals surface area contributed by atoms with Crippen molar-refractivity contribution in [2.45, 2.75) is 19.4 Å². The molecular formula is C5H10O3S. The fourth-order valence-electron chi connectivity index (χ4n) is 0.862. The average molecular weight is 150 g/mol. The summed E-state index contributed by atoms with van der Waals surface area (Å²) in [6.07, 6.45) is 0. The fraction of sp³-hybridized carbons (Fsp3) is 1.00. The van der Waals surface area contributed by atoms with Gasteiger partial charge in [-0.15, -0.1) is 0 Å². The first-order valence-corrected chi connectivity index (χ1v) is 4.58. The third-order valence-electron chi connectivity index (χ3n) is 1.20. The Morgan fingerprint density at radius 2 is 2.00 bits per heavy atom. The first-order chi connectivity index (χ1) is 3.91. The van der Waals surface area contributed by atoms with Crippen LogP contribution in [0, 0.1) is 0 Å². The van der Waals surface area contributed by atoms with Crippen molar-refractivity contribution < 1.29 is 13.2 Å². The molecule has 1 rings (SSSR count). The highest BCUT2D eigenvalue weighted by molar-refractivity contribution is 7.91. The van der Waals surface area contributed by atoms with Gasteiger partial charge in [0.05, 0.1) is 11.4 Å². The molecule has 0 aromatic heterocycles. The van der Waals surface area contributed by atoms with E-state index in [1.807, 2.05) is 0 Å². The molecule has 0 spiro atoms. The maximum atomic E-state index is 10.7. The summed E-state index contributed by atoms with van der Waals surface area (Å²) in [6, 6.07) is 0. The highest BCUT2D eigenvalue weighted by Crippen LogP contribution is 2.20. The molecule has 0 saturated carbocycles. The Morgan fingerprint density at radius 1 is 1.44 bits per heavy atom. The van der Waals surface area contributed by atoms with E-state index in [0.29, 0.717) is 0 Å². The molecular weight excluding hydrogens is 140 g/mol. The number of ether oxygens (including phenoxy) is 1. The van der Waals surface area contributed by atoms with Crippen LogP contribution in [-0.2, 0) is 14.6 Å². The predicted octanol–water partition coefficient (Wildman–Crippen LogP) is 0.167. The number of rotatable bonds is 0. The monoisotopic (exact) mass is 150 g/mol. The molecule has 1 aliphatic heterocycles. The van der Waals surface area contributed by atoms with E-state index >= 15 is 0 Å². The Kier molecular flexibility index (Phi) is 1.33. The van der Waals surface area contributed by atoms with E-state index in [4.69, 9.17) is 4.74 Å². The Hall–Kier alpha value is -0.0900. The molecule has 1 saturated heterocycles. The zero-order valence-electron chi connectivity index (χ0n) is 5.55. The summed E-state index contributed by atoms with van der Waals surface area (Å²) in [5.41, 5.74) is -0.459. The van der Waals surface area contributed by atoms with Crippen LogP contribution >= 0.6 is 0 Å². The zero-order chi connectivity index (χ0) is 7.12. The lowest BCUT2D eigenvalue weighted by molar-refractivity contribution is 0.0474. The standard InChI is InChI=1S/C5H10O3S/c1-5(2)3-9(6,7)4-8-5/h3-4H2,1-2H3. The zero-order valence-corrected chi connectivity index (χ0v) is 6.36. The lowest BCUT2D eigenvalue weighted by Gasteiger charge is -2.12. The molecule has 1 fully saturated rings. The van der Waals surface area contributed by atoms with Gasteiger partial charge in [0.2, 0.25) is 0 Å². The largest absolute Gasteiger partial charge is 0.359 e. The van der Waals surface area contributed by atoms with Crippen LogP contribution in [0.25, 0.3) is 0 Å². The minimum Gasteiger partial charge on any atom is -0.359 e. The van der Waals surface area contributed by atoms with Crippen molar-refractivity contribution in [2.75, 3.05) is 11.7 Å². The van der Waals surface area contributed by atoms with Crippen molar-refractivity contribution in [1.29, 1.82) is 0 Å². The summed E-state index contributed by atoms with van der Waals surface area (Å²) in [6.45, 7) is 3.55. The molecule has 0 amide bonds. The summed E-state index contributed by atoms with van der Waals surface area (Å²) < 4.78 is 26.4. The number of sulfone groups is 1. The van der Waals surface area contributed by atoms with E-state index in [9.17, 15) is 8.42 Å². The summed E-state index contributed by atoms with van der Waals surface area (Å²) >= 11 is 0. The van der Waals surface area contributed by atoms with Gasteiger partial charge >= 0.3 is 0 Å². The minimum absolute atomic E-state index is 0.111. The van der Waals surface area contributed by atoms with E-state index in [2.05, 4.69) is 0 Å².